The Hall–Kier alpha value is -0.610. The van der Waals surface area contributed by atoms with Crippen molar-refractivity contribution in [1.82, 2.24) is 0 Å². The maximum absolute atomic E-state index is 11.8. The average molecular weight is 265 g/mol. The Morgan fingerprint density at radius 2 is 1.81 bits per heavy atom. The lowest BCUT2D eigenvalue weighted by Gasteiger charge is -2.13. The van der Waals surface area contributed by atoms with Gasteiger partial charge in [0.2, 0.25) is 0 Å². The van der Waals surface area contributed by atoms with E-state index in [0.29, 0.717) is 12.8 Å². The summed E-state index contributed by atoms with van der Waals surface area (Å²) in [6, 6.07) is 1.99. The van der Waals surface area contributed by atoms with Gasteiger partial charge in [-0.1, -0.05) is 6.42 Å². The maximum atomic E-state index is 11.8. The van der Waals surface area contributed by atoms with Crippen LogP contribution in [0.25, 0.3) is 0 Å². The monoisotopic (exact) mass is 265 g/mol. The van der Waals surface area contributed by atoms with E-state index in [2.05, 4.69) is 0 Å². The van der Waals surface area contributed by atoms with Gasteiger partial charge in [0.25, 0.3) is 0 Å². The summed E-state index contributed by atoms with van der Waals surface area (Å²) in [6.07, 6.45) is 2.81. The molecule has 16 heavy (non-hydrogen) atoms. The summed E-state index contributed by atoms with van der Waals surface area (Å²) in [7, 11) is -6.73. The zero-order valence-electron chi connectivity index (χ0n) is 9.09. The lowest BCUT2D eigenvalue weighted by Crippen LogP contribution is -2.29. The van der Waals surface area contributed by atoms with E-state index < -0.39 is 30.8 Å². The van der Waals surface area contributed by atoms with Gasteiger partial charge in [-0.3, -0.25) is 0 Å². The number of sulfone groups is 2. The predicted molar refractivity (Wildman–Crippen MR) is 60.2 cm³/mol. The molecule has 1 aliphatic rings. The molecule has 0 spiro atoms. The first-order valence-corrected chi connectivity index (χ1v) is 8.83. The fraction of sp³-hybridized carbons (Fsp3) is 0.889. The summed E-state index contributed by atoms with van der Waals surface area (Å²) in [5.41, 5.74) is 0. The zero-order valence-corrected chi connectivity index (χ0v) is 10.7. The smallest absolute Gasteiger partial charge is 0.155 e. The molecule has 0 N–H and O–H groups in total. The van der Waals surface area contributed by atoms with Crippen LogP contribution in [0, 0.1) is 17.2 Å². The molecule has 1 rings (SSSR count). The minimum Gasteiger partial charge on any atom is -0.229 e. The maximum Gasteiger partial charge on any atom is 0.155 e. The first kappa shape index (κ1) is 13.5. The van der Waals surface area contributed by atoms with Crippen molar-refractivity contribution in [2.75, 3.05) is 17.8 Å². The van der Waals surface area contributed by atoms with Crippen molar-refractivity contribution in [2.45, 2.75) is 24.5 Å². The second-order valence-corrected chi connectivity index (χ2v) is 8.80. The average Bonchev–Trinajstić information content (AvgIpc) is 2.62. The third kappa shape index (κ3) is 3.46. The second-order valence-electron chi connectivity index (χ2n) is 4.20. The van der Waals surface area contributed by atoms with Crippen molar-refractivity contribution < 1.29 is 16.8 Å². The van der Waals surface area contributed by atoms with Crippen molar-refractivity contribution in [3.8, 4) is 6.07 Å². The van der Waals surface area contributed by atoms with Crippen LogP contribution in [0.15, 0.2) is 0 Å². The molecule has 0 aliphatic heterocycles. The molecule has 92 valence electrons. The molecular formula is C9H15NO4S2. The topological polar surface area (TPSA) is 92.1 Å². The van der Waals surface area contributed by atoms with Crippen LogP contribution < -0.4 is 0 Å². The molecular weight excluding hydrogens is 250 g/mol. The van der Waals surface area contributed by atoms with Crippen LogP contribution in [0.4, 0.5) is 0 Å². The number of nitriles is 1. The van der Waals surface area contributed by atoms with Gasteiger partial charge in [0.1, 0.15) is 9.84 Å². The molecule has 2 unspecified atom stereocenters. The van der Waals surface area contributed by atoms with E-state index in [1.54, 1.807) is 0 Å². The Balaban J connectivity index is 2.75. The van der Waals surface area contributed by atoms with Gasteiger partial charge in [-0.25, -0.2) is 16.8 Å². The minimum absolute atomic E-state index is 0.357. The molecule has 1 saturated carbocycles. The van der Waals surface area contributed by atoms with Gasteiger partial charge in [0, 0.05) is 6.26 Å². The molecule has 0 radical (unpaired) electrons. The number of hydrogen-bond donors (Lipinski definition) is 0. The van der Waals surface area contributed by atoms with Gasteiger partial charge in [-0.2, -0.15) is 5.26 Å². The molecule has 5 nitrogen and oxygen atoms in total. The molecule has 1 fully saturated rings. The van der Waals surface area contributed by atoms with Gasteiger partial charge in [-0.05, 0) is 12.8 Å². The lowest BCUT2D eigenvalue weighted by molar-refractivity contribution is 0.564. The van der Waals surface area contributed by atoms with E-state index in [1.165, 1.54) is 0 Å². The quantitative estimate of drug-likeness (QED) is 0.721. The summed E-state index contributed by atoms with van der Waals surface area (Å²) < 4.78 is 45.5. The molecule has 0 bridgehead atoms. The van der Waals surface area contributed by atoms with Crippen molar-refractivity contribution in [3.63, 3.8) is 0 Å². The third-order valence-electron chi connectivity index (χ3n) is 2.82. The van der Waals surface area contributed by atoms with Crippen LogP contribution in [-0.2, 0) is 19.7 Å². The molecule has 0 amide bonds. The predicted octanol–water partition coefficient (Wildman–Crippen LogP) is 0.138. The Morgan fingerprint density at radius 3 is 2.31 bits per heavy atom. The van der Waals surface area contributed by atoms with E-state index in [-0.39, 0.29) is 11.5 Å². The summed E-state index contributed by atoms with van der Waals surface area (Å²) >= 11 is 0. The van der Waals surface area contributed by atoms with Gasteiger partial charge in [-0.15, -0.1) is 0 Å². The molecule has 0 aromatic rings. The van der Waals surface area contributed by atoms with Crippen LogP contribution in [-0.4, -0.2) is 39.8 Å². The molecule has 0 aromatic carbocycles. The normalized spacial score (nSPS) is 26.5. The number of rotatable bonds is 4. The first-order valence-electron chi connectivity index (χ1n) is 5.05. The van der Waals surface area contributed by atoms with Crippen LogP contribution in [0.2, 0.25) is 0 Å². The Bertz CT molecular complexity index is 486. The Labute approximate surface area is 96.3 Å². The summed E-state index contributed by atoms with van der Waals surface area (Å²) in [5, 5.41) is 8.13. The van der Waals surface area contributed by atoms with Gasteiger partial charge in [0.15, 0.2) is 9.84 Å². The molecule has 1 aliphatic carbocycles. The van der Waals surface area contributed by atoms with Gasteiger partial charge in [0.05, 0.1) is 28.7 Å². The van der Waals surface area contributed by atoms with Crippen LogP contribution >= 0.6 is 0 Å². The molecule has 0 saturated heterocycles. The highest BCUT2D eigenvalue weighted by atomic mass is 32.2. The second kappa shape index (κ2) is 4.72. The number of nitrogens with zero attached hydrogens (tertiary/aromatic N) is 1. The van der Waals surface area contributed by atoms with Crippen molar-refractivity contribution in [3.05, 3.63) is 0 Å². The fourth-order valence-corrected chi connectivity index (χ4v) is 5.59. The highest BCUT2D eigenvalue weighted by Crippen LogP contribution is 2.31. The van der Waals surface area contributed by atoms with E-state index in [9.17, 15) is 16.8 Å². The summed E-state index contributed by atoms with van der Waals surface area (Å²) in [4.78, 5) is 0. The largest absolute Gasteiger partial charge is 0.229 e. The standard InChI is InChI=1S/C9H15NO4S2/c1-15(11,12)5-6-16(13,14)9-4-2-3-8(9)7-10/h8-9H,2-6H2,1H3. The summed E-state index contributed by atoms with van der Waals surface area (Å²) in [6.45, 7) is 0. The van der Waals surface area contributed by atoms with E-state index in [1.807, 2.05) is 6.07 Å². The molecule has 2 atom stereocenters. The van der Waals surface area contributed by atoms with E-state index >= 15 is 0 Å². The lowest BCUT2D eigenvalue weighted by atomic mass is 10.1. The zero-order chi connectivity index (χ0) is 12.4. The molecule has 7 heteroatoms. The highest BCUT2D eigenvalue weighted by Gasteiger charge is 2.37. The first-order chi connectivity index (χ1) is 7.26. The highest BCUT2D eigenvalue weighted by molar-refractivity contribution is 7.95. The Morgan fingerprint density at radius 1 is 1.19 bits per heavy atom. The van der Waals surface area contributed by atoms with Crippen LogP contribution in [0.5, 0.6) is 0 Å². The minimum atomic E-state index is -3.46. The number of hydrogen-bond acceptors (Lipinski definition) is 5. The Kier molecular flexibility index (Phi) is 3.97. The van der Waals surface area contributed by atoms with Crippen LogP contribution in [0.1, 0.15) is 19.3 Å². The third-order valence-corrected chi connectivity index (χ3v) is 6.28. The van der Waals surface area contributed by atoms with E-state index in [4.69, 9.17) is 5.26 Å². The van der Waals surface area contributed by atoms with E-state index in [0.717, 1.165) is 12.7 Å². The fourth-order valence-electron chi connectivity index (χ4n) is 1.92. The van der Waals surface area contributed by atoms with Crippen molar-refractivity contribution >= 4 is 19.7 Å². The van der Waals surface area contributed by atoms with Gasteiger partial charge < -0.3 is 0 Å². The summed E-state index contributed by atoms with van der Waals surface area (Å²) in [5.74, 6) is -1.19. The van der Waals surface area contributed by atoms with Gasteiger partial charge >= 0.3 is 0 Å². The van der Waals surface area contributed by atoms with Crippen LogP contribution in [0.3, 0.4) is 0 Å². The molecule has 0 heterocycles. The van der Waals surface area contributed by atoms with Crippen molar-refractivity contribution in [1.29, 1.82) is 5.26 Å². The van der Waals surface area contributed by atoms with Crippen molar-refractivity contribution in [2.24, 2.45) is 5.92 Å². The molecule has 0 aromatic heterocycles. The SMILES string of the molecule is CS(=O)(=O)CCS(=O)(=O)C1CCCC1C#N.